The van der Waals surface area contributed by atoms with Gasteiger partial charge in [0.25, 0.3) is 0 Å². The van der Waals surface area contributed by atoms with Crippen molar-refractivity contribution in [1.82, 2.24) is 0 Å². The van der Waals surface area contributed by atoms with Gasteiger partial charge in [-0.15, -0.1) is 0 Å². The molecule has 0 spiro atoms. The van der Waals surface area contributed by atoms with Crippen LogP contribution in [0.5, 0.6) is 0 Å². The Morgan fingerprint density at radius 2 is 1.94 bits per heavy atom. The Labute approximate surface area is 109 Å². The number of carbonyl (C=O) groups excluding carboxylic acids is 1. The maximum atomic E-state index is 11.5. The third-order valence-electron chi connectivity index (χ3n) is 5.45. The molecule has 0 heterocycles. The van der Waals surface area contributed by atoms with Crippen LogP contribution in [-0.2, 0) is 4.79 Å². The van der Waals surface area contributed by atoms with Gasteiger partial charge in [-0.2, -0.15) is 0 Å². The molecular weight excluding hydrogens is 228 g/mol. The first-order chi connectivity index (χ1) is 8.19. The standard InChI is InChI=1S/C15H24O3/c1-10-8-11(17)12-13(2,3)6-5-7-14(12,4)15(10,18)9-16/h8-9,11-12,17-18H,5-7H2,1-4H3/t11-,12-,14-,15+/m0/s1. The summed E-state index contributed by atoms with van der Waals surface area (Å²) in [5.74, 6) is -0.0855. The Morgan fingerprint density at radius 1 is 1.33 bits per heavy atom. The van der Waals surface area contributed by atoms with E-state index in [-0.39, 0.29) is 11.3 Å². The van der Waals surface area contributed by atoms with E-state index < -0.39 is 17.1 Å². The zero-order valence-electron chi connectivity index (χ0n) is 11.7. The van der Waals surface area contributed by atoms with Crippen LogP contribution in [0.25, 0.3) is 0 Å². The predicted octanol–water partition coefficient (Wildman–Crippen LogP) is 2.07. The minimum Gasteiger partial charge on any atom is -0.389 e. The topological polar surface area (TPSA) is 57.5 Å². The van der Waals surface area contributed by atoms with Crippen LogP contribution in [0.1, 0.15) is 47.0 Å². The van der Waals surface area contributed by atoms with Crippen molar-refractivity contribution >= 4 is 6.29 Å². The molecule has 0 aliphatic heterocycles. The number of carbonyl (C=O) groups is 1. The van der Waals surface area contributed by atoms with Crippen molar-refractivity contribution in [3.63, 3.8) is 0 Å². The highest BCUT2D eigenvalue weighted by atomic mass is 16.3. The molecule has 1 fully saturated rings. The molecule has 2 aliphatic carbocycles. The van der Waals surface area contributed by atoms with E-state index in [9.17, 15) is 15.0 Å². The third-order valence-corrected chi connectivity index (χ3v) is 5.45. The molecule has 18 heavy (non-hydrogen) atoms. The molecule has 4 atom stereocenters. The first-order valence-corrected chi connectivity index (χ1v) is 6.75. The highest BCUT2D eigenvalue weighted by molar-refractivity contribution is 5.71. The SMILES string of the molecule is CC1=C[C@H](O)[C@H]2C(C)(C)CCC[C@]2(C)[C@@]1(O)C=O. The molecule has 0 bridgehead atoms. The van der Waals surface area contributed by atoms with Gasteiger partial charge in [0.2, 0.25) is 0 Å². The number of hydrogen-bond acceptors (Lipinski definition) is 3. The van der Waals surface area contributed by atoms with E-state index in [2.05, 4.69) is 13.8 Å². The number of rotatable bonds is 1. The van der Waals surface area contributed by atoms with Gasteiger partial charge in [0.1, 0.15) is 5.60 Å². The highest BCUT2D eigenvalue weighted by Crippen LogP contribution is 2.60. The molecule has 3 heteroatoms. The summed E-state index contributed by atoms with van der Waals surface area (Å²) < 4.78 is 0. The van der Waals surface area contributed by atoms with Crippen LogP contribution in [0.3, 0.4) is 0 Å². The molecule has 1 saturated carbocycles. The largest absolute Gasteiger partial charge is 0.389 e. The van der Waals surface area contributed by atoms with E-state index in [0.29, 0.717) is 11.9 Å². The minimum atomic E-state index is -1.44. The summed E-state index contributed by atoms with van der Waals surface area (Å²) in [6.45, 7) is 7.93. The maximum Gasteiger partial charge on any atom is 0.156 e. The van der Waals surface area contributed by atoms with Crippen molar-refractivity contribution in [2.45, 2.75) is 58.7 Å². The summed E-state index contributed by atoms with van der Waals surface area (Å²) in [4.78, 5) is 11.5. The van der Waals surface area contributed by atoms with Crippen LogP contribution in [0.2, 0.25) is 0 Å². The summed E-state index contributed by atoms with van der Waals surface area (Å²) in [7, 11) is 0. The van der Waals surface area contributed by atoms with E-state index in [1.165, 1.54) is 0 Å². The van der Waals surface area contributed by atoms with Crippen LogP contribution in [0, 0.1) is 16.7 Å². The number of aldehydes is 1. The molecule has 2 aliphatic rings. The minimum absolute atomic E-state index is 0.0688. The molecular formula is C15H24O3. The lowest BCUT2D eigenvalue weighted by atomic mass is 9.46. The fraction of sp³-hybridized carbons (Fsp3) is 0.800. The lowest BCUT2D eigenvalue weighted by Crippen LogP contribution is -2.63. The second-order valence-corrected chi connectivity index (χ2v) is 6.96. The van der Waals surface area contributed by atoms with Gasteiger partial charge in [0, 0.05) is 11.3 Å². The first kappa shape index (κ1) is 13.8. The van der Waals surface area contributed by atoms with E-state index in [1.807, 2.05) is 6.92 Å². The lowest BCUT2D eigenvalue weighted by molar-refractivity contribution is -0.173. The van der Waals surface area contributed by atoms with Crippen LogP contribution >= 0.6 is 0 Å². The average molecular weight is 252 g/mol. The number of hydrogen-bond donors (Lipinski definition) is 2. The van der Waals surface area contributed by atoms with Crippen LogP contribution < -0.4 is 0 Å². The van der Waals surface area contributed by atoms with E-state index in [1.54, 1.807) is 13.0 Å². The van der Waals surface area contributed by atoms with Crippen molar-refractivity contribution < 1.29 is 15.0 Å². The average Bonchev–Trinajstić information content (AvgIpc) is 2.24. The van der Waals surface area contributed by atoms with Gasteiger partial charge in [-0.3, -0.25) is 4.79 Å². The lowest BCUT2D eigenvalue weighted by Gasteiger charge is -2.59. The quantitative estimate of drug-likeness (QED) is 0.555. The molecule has 0 unspecified atom stereocenters. The molecule has 102 valence electrons. The number of fused-ring (bicyclic) bond motifs is 1. The Bertz CT molecular complexity index is 399. The Morgan fingerprint density at radius 3 is 2.50 bits per heavy atom. The third kappa shape index (κ3) is 1.53. The monoisotopic (exact) mass is 252 g/mol. The normalized spacial score (nSPS) is 47.1. The Kier molecular flexibility index (Phi) is 2.99. The van der Waals surface area contributed by atoms with Gasteiger partial charge in [0.15, 0.2) is 6.29 Å². The first-order valence-electron chi connectivity index (χ1n) is 6.75. The fourth-order valence-electron chi connectivity index (χ4n) is 4.51. The van der Waals surface area contributed by atoms with E-state index in [4.69, 9.17) is 0 Å². The number of aliphatic hydroxyl groups excluding tert-OH is 1. The molecule has 2 rings (SSSR count). The fourth-order valence-corrected chi connectivity index (χ4v) is 4.51. The van der Waals surface area contributed by atoms with Gasteiger partial charge in [0.05, 0.1) is 6.10 Å². The smallest absolute Gasteiger partial charge is 0.156 e. The zero-order chi connectivity index (χ0) is 13.8. The van der Waals surface area contributed by atoms with Crippen molar-refractivity contribution in [3.05, 3.63) is 11.6 Å². The van der Waals surface area contributed by atoms with Crippen molar-refractivity contribution in [1.29, 1.82) is 0 Å². The molecule has 0 aromatic heterocycles. The van der Waals surface area contributed by atoms with Crippen LogP contribution in [0.4, 0.5) is 0 Å². The van der Waals surface area contributed by atoms with Gasteiger partial charge >= 0.3 is 0 Å². The highest BCUT2D eigenvalue weighted by Gasteiger charge is 2.62. The zero-order valence-corrected chi connectivity index (χ0v) is 11.7. The van der Waals surface area contributed by atoms with Crippen LogP contribution in [0.15, 0.2) is 11.6 Å². The summed E-state index contributed by atoms with van der Waals surface area (Å²) in [5, 5.41) is 21.2. The maximum absolute atomic E-state index is 11.5. The van der Waals surface area contributed by atoms with E-state index >= 15 is 0 Å². The molecule has 2 N–H and O–H groups in total. The van der Waals surface area contributed by atoms with Gasteiger partial charge in [-0.05, 0) is 30.8 Å². The molecule has 0 amide bonds. The molecule has 0 aromatic rings. The Balaban J connectivity index is 2.62. The summed E-state index contributed by atoms with van der Waals surface area (Å²) >= 11 is 0. The molecule has 0 aromatic carbocycles. The predicted molar refractivity (Wildman–Crippen MR) is 70.0 cm³/mol. The summed E-state index contributed by atoms with van der Waals surface area (Å²) in [6, 6.07) is 0. The second kappa shape index (κ2) is 3.91. The van der Waals surface area contributed by atoms with Crippen molar-refractivity contribution in [2.24, 2.45) is 16.7 Å². The van der Waals surface area contributed by atoms with Crippen molar-refractivity contribution in [3.8, 4) is 0 Å². The molecule has 0 saturated heterocycles. The second-order valence-electron chi connectivity index (χ2n) is 6.96. The van der Waals surface area contributed by atoms with Gasteiger partial charge in [-0.1, -0.05) is 33.3 Å². The van der Waals surface area contributed by atoms with Crippen molar-refractivity contribution in [2.75, 3.05) is 0 Å². The van der Waals surface area contributed by atoms with Gasteiger partial charge in [-0.25, -0.2) is 0 Å². The summed E-state index contributed by atoms with van der Waals surface area (Å²) in [5.41, 5.74) is -1.49. The molecule has 3 nitrogen and oxygen atoms in total. The van der Waals surface area contributed by atoms with Crippen LogP contribution in [-0.4, -0.2) is 28.2 Å². The van der Waals surface area contributed by atoms with Gasteiger partial charge < -0.3 is 10.2 Å². The Hall–Kier alpha value is -0.670. The number of aliphatic hydroxyl groups is 2. The van der Waals surface area contributed by atoms with E-state index in [0.717, 1.165) is 19.3 Å². The molecule has 0 radical (unpaired) electrons. The summed E-state index contributed by atoms with van der Waals surface area (Å²) in [6.07, 6.45) is 4.53.